The Morgan fingerprint density at radius 1 is 0.935 bits per heavy atom. The van der Waals surface area contributed by atoms with Crippen molar-refractivity contribution >= 4 is 24.2 Å². The number of methoxy groups -OCH3 is 1. The highest BCUT2D eigenvalue weighted by molar-refractivity contribution is 5.94. The zero-order valence-electron chi connectivity index (χ0n) is 17.1. The minimum Gasteiger partial charge on any atom is -0.497 e. The van der Waals surface area contributed by atoms with E-state index in [9.17, 15) is 9.59 Å². The molecule has 1 N–H and O–H groups in total. The molecule has 2 aromatic carbocycles. The van der Waals surface area contributed by atoms with Crippen molar-refractivity contribution in [2.24, 2.45) is 5.10 Å². The summed E-state index contributed by atoms with van der Waals surface area (Å²) in [4.78, 5) is 28.0. The van der Waals surface area contributed by atoms with E-state index in [4.69, 9.17) is 9.47 Å². The minimum absolute atomic E-state index is 0.349. The second kappa shape index (κ2) is 10.5. The van der Waals surface area contributed by atoms with Crippen LogP contribution in [-0.2, 0) is 4.79 Å². The summed E-state index contributed by atoms with van der Waals surface area (Å²) in [5.74, 6) is 0.306. The molecular formula is C24H21N3O4. The first-order chi connectivity index (χ1) is 15.0. The number of carbonyl (C=O) groups excluding carboxylic acids is 2. The quantitative estimate of drug-likeness (QED) is 0.209. The van der Waals surface area contributed by atoms with Crippen LogP contribution in [0.3, 0.4) is 0 Å². The van der Waals surface area contributed by atoms with E-state index in [0.717, 1.165) is 22.6 Å². The fraction of sp³-hybridized carbons (Fsp3) is 0.0833. The zero-order valence-corrected chi connectivity index (χ0v) is 17.1. The van der Waals surface area contributed by atoms with Gasteiger partial charge in [-0.25, -0.2) is 10.2 Å². The van der Waals surface area contributed by atoms with Crippen LogP contribution >= 0.6 is 0 Å². The summed E-state index contributed by atoms with van der Waals surface area (Å²) in [5.41, 5.74) is 5.28. The molecule has 31 heavy (non-hydrogen) atoms. The monoisotopic (exact) mass is 415 g/mol. The number of aromatic nitrogens is 1. The summed E-state index contributed by atoms with van der Waals surface area (Å²) >= 11 is 0. The van der Waals surface area contributed by atoms with Crippen LogP contribution in [0.2, 0.25) is 0 Å². The Hall–Kier alpha value is -4.26. The maximum Gasteiger partial charge on any atom is 0.336 e. The summed E-state index contributed by atoms with van der Waals surface area (Å²) in [6.45, 7) is 1.85. The van der Waals surface area contributed by atoms with Gasteiger partial charge in [-0.3, -0.25) is 9.78 Å². The van der Waals surface area contributed by atoms with Gasteiger partial charge >= 0.3 is 5.97 Å². The number of nitrogens with one attached hydrogen (secondary N) is 1. The number of nitrogens with zero attached hydrogens (tertiary/aromatic N) is 2. The van der Waals surface area contributed by atoms with Gasteiger partial charge in [0.25, 0.3) is 5.91 Å². The zero-order chi connectivity index (χ0) is 22.1. The molecule has 1 amide bonds. The van der Waals surface area contributed by atoms with Crippen molar-refractivity contribution in [2.75, 3.05) is 7.11 Å². The predicted molar refractivity (Wildman–Crippen MR) is 118 cm³/mol. The number of hydrogen-bond acceptors (Lipinski definition) is 6. The normalized spacial score (nSPS) is 10.9. The van der Waals surface area contributed by atoms with E-state index in [1.807, 2.05) is 31.2 Å². The number of carbonyl (C=O) groups is 2. The Morgan fingerprint density at radius 3 is 2.26 bits per heavy atom. The first-order valence-electron chi connectivity index (χ1n) is 9.43. The van der Waals surface area contributed by atoms with Crippen LogP contribution in [-0.4, -0.2) is 30.2 Å². The lowest BCUT2D eigenvalue weighted by atomic mass is 10.2. The van der Waals surface area contributed by atoms with Crippen LogP contribution in [0.4, 0.5) is 0 Å². The third-order valence-electron chi connectivity index (χ3n) is 4.18. The van der Waals surface area contributed by atoms with E-state index in [1.54, 1.807) is 49.6 Å². The number of hydrazone groups is 1. The molecule has 0 spiro atoms. The van der Waals surface area contributed by atoms with Gasteiger partial charge in [0.1, 0.15) is 11.5 Å². The van der Waals surface area contributed by atoms with Crippen molar-refractivity contribution in [3.63, 3.8) is 0 Å². The first kappa shape index (κ1) is 21.4. The van der Waals surface area contributed by atoms with Gasteiger partial charge in [0, 0.05) is 18.0 Å². The van der Waals surface area contributed by atoms with Gasteiger partial charge in [-0.1, -0.05) is 12.1 Å². The molecule has 1 heterocycles. The maximum absolute atomic E-state index is 12.0. The standard InChI is InChI=1S/C24H21N3O4/c1-17-3-9-20(16-25-17)24(29)27-26-15-19-6-12-22(13-7-19)31-23(28)14-8-18-4-10-21(30-2)11-5-18/h3-16H,1-2H3,(H,27,29)/b14-8+,26-15+. The summed E-state index contributed by atoms with van der Waals surface area (Å²) in [6.07, 6.45) is 6.00. The smallest absolute Gasteiger partial charge is 0.336 e. The lowest BCUT2D eigenvalue weighted by Gasteiger charge is -2.02. The van der Waals surface area contributed by atoms with Crippen molar-refractivity contribution in [3.8, 4) is 11.5 Å². The molecule has 156 valence electrons. The lowest BCUT2D eigenvalue weighted by molar-refractivity contribution is -0.128. The lowest BCUT2D eigenvalue weighted by Crippen LogP contribution is -2.17. The van der Waals surface area contributed by atoms with Crippen LogP contribution in [0, 0.1) is 6.92 Å². The first-order valence-corrected chi connectivity index (χ1v) is 9.43. The van der Waals surface area contributed by atoms with E-state index >= 15 is 0 Å². The van der Waals surface area contributed by atoms with Crippen LogP contribution in [0.15, 0.2) is 78.0 Å². The molecule has 7 heteroatoms. The van der Waals surface area contributed by atoms with E-state index in [-0.39, 0.29) is 5.91 Å². The van der Waals surface area contributed by atoms with Gasteiger partial charge in [0.2, 0.25) is 0 Å². The molecule has 0 aliphatic heterocycles. The molecule has 0 saturated carbocycles. The molecule has 0 atom stereocenters. The maximum atomic E-state index is 12.0. The number of hydrogen-bond donors (Lipinski definition) is 1. The van der Waals surface area contributed by atoms with Crippen molar-refractivity contribution < 1.29 is 19.1 Å². The molecule has 0 bridgehead atoms. The topological polar surface area (TPSA) is 89.9 Å². The van der Waals surface area contributed by atoms with E-state index in [1.165, 1.54) is 18.5 Å². The van der Waals surface area contributed by atoms with Crippen LogP contribution < -0.4 is 14.9 Å². The number of rotatable bonds is 7. The van der Waals surface area contributed by atoms with Gasteiger partial charge in [0.05, 0.1) is 18.9 Å². The highest BCUT2D eigenvalue weighted by atomic mass is 16.5. The average Bonchev–Trinajstić information content (AvgIpc) is 2.79. The van der Waals surface area contributed by atoms with Crippen molar-refractivity contribution in [1.29, 1.82) is 0 Å². The molecule has 3 rings (SSSR count). The molecular weight excluding hydrogens is 394 g/mol. The van der Waals surface area contributed by atoms with Gasteiger partial charge in [-0.2, -0.15) is 5.10 Å². The number of pyridine rings is 1. The molecule has 1 aromatic heterocycles. The average molecular weight is 415 g/mol. The van der Waals surface area contributed by atoms with Gasteiger partial charge in [-0.05, 0) is 72.7 Å². The molecule has 0 aliphatic carbocycles. The Bertz CT molecular complexity index is 1090. The molecule has 3 aromatic rings. The van der Waals surface area contributed by atoms with E-state index in [2.05, 4.69) is 15.5 Å². The van der Waals surface area contributed by atoms with Gasteiger partial charge < -0.3 is 9.47 Å². The van der Waals surface area contributed by atoms with Crippen LogP contribution in [0.1, 0.15) is 27.2 Å². The van der Waals surface area contributed by atoms with E-state index < -0.39 is 5.97 Å². The van der Waals surface area contributed by atoms with E-state index in [0.29, 0.717) is 11.3 Å². The van der Waals surface area contributed by atoms with Gasteiger partial charge in [0.15, 0.2) is 0 Å². The van der Waals surface area contributed by atoms with Crippen molar-refractivity contribution in [3.05, 3.63) is 95.3 Å². The van der Waals surface area contributed by atoms with Gasteiger partial charge in [-0.15, -0.1) is 0 Å². The van der Waals surface area contributed by atoms with Crippen LogP contribution in [0.5, 0.6) is 11.5 Å². The van der Waals surface area contributed by atoms with Crippen LogP contribution in [0.25, 0.3) is 6.08 Å². The second-order valence-corrected chi connectivity index (χ2v) is 6.48. The number of esters is 1. The Balaban J connectivity index is 1.50. The third kappa shape index (κ3) is 6.64. The Kier molecular flexibility index (Phi) is 7.26. The highest BCUT2D eigenvalue weighted by Gasteiger charge is 2.04. The molecule has 0 radical (unpaired) electrons. The fourth-order valence-electron chi connectivity index (χ4n) is 2.48. The number of amides is 1. The number of aryl methyl sites for hydroxylation is 1. The predicted octanol–water partition coefficient (Wildman–Crippen LogP) is 3.78. The second-order valence-electron chi connectivity index (χ2n) is 6.48. The Labute approximate surface area is 180 Å². The summed E-state index contributed by atoms with van der Waals surface area (Å²) in [5, 5.41) is 3.93. The minimum atomic E-state index is -0.490. The van der Waals surface area contributed by atoms with Crippen molar-refractivity contribution in [2.45, 2.75) is 6.92 Å². The van der Waals surface area contributed by atoms with Crippen molar-refractivity contribution in [1.82, 2.24) is 10.4 Å². The molecule has 7 nitrogen and oxygen atoms in total. The summed E-state index contributed by atoms with van der Waals surface area (Å²) in [7, 11) is 1.60. The highest BCUT2D eigenvalue weighted by Crippen LogP contribution is 2.14. The largest absolute Gasteiger partial charge is 0.497 e. The molecule has 0 fully saturated rings. The molecule has 0 aliphatic rings. The SMILES string of the molecule is COc1ccc(/C=C/C(=O)Oc2ccc(/C=N/NC(=O)c3ccc(C)nc3)cc2)cc1. The molecule has 0 unspecified atom stereocenters. The summed E-state index contributed by atoms with van der Waals surface area (Å²) in [6, 6.07) is 17.5. The fourth-order valence-corrected chi connectivity index (χ4v) is 2.48. The summed E-state index contributed by atoms with van der Waals surface area (Å²) < 4.78 is 10.4. The Morgan fingerprint density at radius 2 is 1.61 bits per heavy atom. The molecule has 0 saturated heterocycles. The number of ether oxygens (including phenoxy) is 2. The third-order valence-corrected chi connectivity index (χ3v) is 4.18. The number of benzene rings is 2.